The monoisotopic (exact) mass is 352 g/mol. The van der Waals surface area contributed by atoms with Crippen molar-refractivity contribution in [2.75, 3.05) is 37.9 Å². The zero-order chi connectivity index (χ0) is 18.2. The summed E-state index contributed by atoms with van der Waals surface area (Å²) in [5.74, 6) is 0.326. The summed E-state index contributed by atoms with van der Waals surface area (Å²) in [5.41, 5.74) is 8.39. The fraction of sp³-hybridized carbons (Fsp3) is 0.500. The van der Waals surface area contributed by atoms with Gasteiger partial charge >= 0.3 is 0 Å². The van der Waals surface area contributed by atoms with Crippen LogP contribution < -0.4 is 16.0 Å². The minimum Gasteiger partial charge on any atom is -0.368 e. The Kier molecular flexibility index (Phi) is 4.32. The number of nitrogens with one attached hydrogen (secondary N) is 1. The van der Waals surface area contributed by atoms with Gasteiger partial charge in [-0.25, -0.2) is 9.97 Å². The van der Waals surface area contributed by atoms with Crippen molar-refractivity contribution in [1.82, 2.24) is 20.2 Å². The van der Waals surface area contributed by atoms with Gasteiger partial charge in [0.2, 0.25) is 5.95 Å². The second-order valence-corrected chi connectivity index (χ2v) is 7.90. The Labute approximate surface area is 155 Å². The van der Waals surface area contributed by atoms with Gasteiger partial charge in [-0.3, -0.25) is 10.2 Å². The van der Waals surface area contributed by atoms with Crippen molar-refractivity contribution in [2.24, 2.45) is 0 Å². The van der Waals surface area contributed by atoms with Gasteiger partial charge in [0.15, 0.2) is 0 Å². The topological polar surface area (TPSA) is 70.3 Å². The molecule has 138 valence electrons. The van der Waals surface area contributed by atoms with E-state index in [-0.39, 0.29) is 11.1 Å². The van der Waals surface area contributed by atoms with E-state index in [2.05, 4.69) is 69.5 Å². The van der Waals surface area contributed by atoms with Crippen molar-refractivity contribution in [3.63, 3.8) is 0 Å². The van der Waals surface area contributed by atoms with Gasteiger partial charge in [0, 0.05) is 17.6 Å². The summed E-state index contributed by atoms with van der Waals surface area (Å²) in [7, 11) is 4.43. The molecule has 2 fully saturated rings. The summed E-state index contributed by atoms with van der Waals surface area (Å²) in [5, 5.41) is 3.78. The van der Waals surface area contributed by atoms with Crippen LogP contribution in [-0.2, 0) is 5.54 Å². The molecule has 0 unspecified atom stereocenters. The van der Waals surface area contributed by atoms with Crippen LogP contribution in [0.3, 0.4) is 0 Å². The first-order chi connectivity index (χ1) is 12.5. The van der Waals surface area contributed by atoms with E-state index in [0.717, 1.165) is 44.6 Å². The van der Waals surface area contributed by atoms with E-state index in [1.807, 2.05) is 12.4 Å². The molecule has 0 bridgehead atoms. The van der Waals surface area contributed by atoms with Crippen molar-refractivity contribution < 1.29 is 0 Å². The molecule has 1 spiro atoms. The Morgan fingerprint density at radius 1 is 1.04 bits per heavy atom. The van der Waals surface area contributed by atoms with Crippen LogP contribution >= 0.6 is 0 Å². The van der Waals surface area contributed by atoms with Crippen molar-refractivity contribution in [1.29, 1.82) is 0 Å². The number of aromatic nitrogens is 2. The molecule has 1 saturated heterocycles. The Morgan fingerprint density at radius 3 is 2.31 bits per heavy atom. The number of rotatable bonds is 3. The van der Waals surface area contributed by atoms with Crippen LogP contribution in [0.5, 0.6) is 0 Å². The third kappa shape index (κ3) is 2.93. The second-order valence-electron chi connectivity index (χ2n) is 7.90. The number of nitrogens with zero attached hydrogens (tertiary/aromatic N) is 4. The Morgan fingerprint density at radius 2 is 1.69 bits per heavy atom. The molecule has 6 nitrogen and oxygen atoms in total. The smallest absolute Gasteiger partial charge is 0.220 e. The van der Waals surface area contributed by atoms with Gasteiger partial charge in [0.1, 0.15) is 0 Å². The minimum absolute atomic E-state index is 0.131. The van der Waals surface area contributed by atoms with E-state index >= 15 is 0 Å². The summed E-state index contributed by atoms with van der Waals surface area (Å²) < 4.78 is 0. The summed E-state index contributed by atoms with van der Waals surface area (Å²) in [4.78, 5) is 13.0. The molecule has 1 aromatic heterocycles. The summed E-state index contributed by atoms with van der Waals surface area (Å²) >= 11 is 0. The van der Waals surface area contributed by atoms with Crippen LogP contribution in [0.15, 0.2) is 42.7 Å². The van der Waals surface area contributed by atoms with E-state index in [4.69, 9.17) is 5.73 Å². The molecule has 6 heteroatoms. The third-order valence-corrected chi connectivity index (χ3v) is 6.36. The normalized spacial score (nSPS) is 28.8. The fourth-order valence-corrected chi connectivity index (χ4v) is 4.64. The first kappa shape index (κ1) is 17.2. The highest BCUT2D eigenvalue weighted by atomic mass is 15.3. The molecule has 0 radical (unpaired) electrons. The summed E-state index contributed by atoms with van der Waals surface area (Å²) in [6.07, 6.45) is 8.27. The van der Waals surface area contributed by atoms with Crippen LogP contribution in [0.25, 0.3) is 0 Å². The van der Waals surface area contributed by atoms with Crippen molar-refractivity contribution >= 4 is 11.6 Å². The molecule has 2 aliphatic rings. The molecule has 0 amide bonds. The van der Waals surface area contributed by atoms with Crippen LogP contribution in [0.2, 0.25) is 0 Å². The number of nitrogens with two attached hydrogens (primary N) is 1. The maximum Gasteiger partial charge on any atom is 0.220 e. The zero-order valence-corrected chi connectivity index (χ0v) is 15.7. The largest absolute Gasteiger partial charge is 0.368 e. The van der Waals surface area contributed by atoms with Gasteiger partial charge in [0.25, 0.3) is 0 Å². The molecule has 26 heavy (non-hydrogen) atoms. The molecular weight excluding hydrogens is 324 g/mol. The van der Waals surface area contributed by atoms with Crippen molar-refractivity contribution in [2.45, 2.75) is 36.8 Å². The van der Waals surface area contributed by atoms with Crippen LogP contribution in [0.4, 0.5) is 11.6 Å². The first-order valence-corrected chi connectivity index (χ1v) is 9.34. The van der Waals surface area contributed by atoms with Crippen LogP contribution in [0, 0.1) is 0 Å². The molecule has 1 aliphatic carbocycles. The quantitative estimate of drug-likeness (QED) is 0.882. The highest BCUT2D eigenvalue weighted by Gasteiger charge is 2.47. The highest BCUT2D eigenvalue weighted by molar-refractivity contribution is 5.46. The average Bonchev–Trinajstić information content (AvgIpc) is 3.07. The van der Waals surface area contributed by atoms with E-state index in [9.17, 15) is 0 Å². The number of hydrogen-bond acceptors (Lipinski definition) is 6. The molecule has 2 heterocycles. The van der Waals surface area contributed by atoms with Gasteiger partial charge in [-0.15, -0.1) is 0 Å². The lowest BCUT2D eigenvalue weighted by Gasteiger charge is -2.49. The number of nitrogen functional groups attached to an aromatic ring is 1. The summed E-state index contributed by atoms with van der Waals surface area (Å²) in [6, 6.07) is 11.0. The lowest BCUT2D eigenvalue weighted by Crippen LogP contribution is -2.53. The number of anilines is 2. The van der Waals surface area contributed by atoms with Gasteiger partial charge < -0.3 is 10.6 Å². The SMILES string of the molecule is CN(C)C1(c2ccccc2)CCC2(CC1)CN(c1cnc(N)nc1)CN2. The highest BCUT2D eigenvalue weighted by Crippen LogP contribution is 2.46. The van der Waals surface area contributed by atoms with Gasteiger partial charge in [-0.1, -0.05) is 30.3 Å². The standard InChI is InChI=1S/C20H28N6/c1-25(2)20(16-6-4-3-5-7-16)10-8-19(9-11-20)14-26(15-24-19)17-12-22-18(21)23-13-17/h3-7,12-13,24H,8-11,14-15H2,1-2H3,(H2,21,22,23). The number of benzene rings is 1. The maximum absolute atomic E-state index is 5.61. The van der Waals surface area contributed by atoms with Crippen molar-refractivity contribution in [3.05, 3.63) is 48.3 Å². The first-order valence-electron chi connectivity index (χ1n) is 9.34. The maximum atomic E-state index is 5.61. The van der Waals surface area contributed by atoms with Gasteiger partial charge in [-0.2, -0.15) is 0 Å². The van der Waals surface area contributed by atoms with E-state index in [0.29, 0.717) is 5.95 Å². The molecular formula is C20H28N6. The van der Waals surface area contributed by atoms with Gasteiger partial charge in [0.05, 0.1) is 24.7 Å². The Bertz CT molecular complexity index is 735. The van der Waals surface area contributed by atoms with Gasteiger partial charge in [-0.05, 0) is 45.3 Å². The average molecular weight is 352 g/mol. The Balaban J connectivity index is 1.50. The molecule has 1 aromatic carbocycles. The third-order valence-electron chi connectivity index (χ3n) is 6.36. The lowest BCUT2D eigenvalue weighted by molar-refractivity contribution is 0.0646. The second kappa shape index (κ2) is 6.52. The van der Waals surface area contributed by atoms with E-state index < -0.39 is 0 Å². The summed E-state index contributed by atoms with van der Waals surface area (Å²) in [6.45, 7) is 1.84. The number of hydrogen-bond donors (Lipinski definition) is 2. The molecule has 4 rings (SSSR count). The Hall–Kier alpha value is -2.18. The molecule has 1 saturated carbocycles. The molecule has 1 aliphatic heterocycles. The van der Waals surface area contributed by atoms with Crippen LogP contribution in [-0.4, -0.2) is 47.7 Å². The predicted octanol–water partition coefficient (Wildman–Crippen LogP) is 2.20. The van der Waals surface area contributed by atoms with Crippen LogP contribution in [0.1, 0.15) is 31.2 Å². The molecule has 3 N–H and O–H groups in total. The van der Waals surface area contributed by atoms with E-state index in [1.165, 1.54) is 5.56 Å². The lowest BCUT2D eigenvalue weighted by atomic mass is 9.69. The zero-order valence-electron chi connectivity index (χ0n) is 15.7. The fourth-order valence-electron chi connectivity index (χ4n) is 4.64. The predicted molar refractivity (Wildman–Crippen MR) is 105 cm³/mol. The molecule has 2 aromatic rings. The molecule has 0 atom stereocenters. The minimum atomic E-state index is 0.131. The van der Waals surface area contributed by atoms with E-state index in [1.54, 1.807) is 0 Å². The van der Waals surface area contributed by atoms with Crippen molar-refractivity contribution in [3.8, 4) is 0 Å².